The molecule has 0 saturated carbocycles. The van der Waals surface area contributed by atoms with E-state index in [0.717, 1.165) is 5.56 Å². The molecule has 2 aliphatic rings. The Bertz CT molecular complexity index is 2310. The maximum Gasteiger partial charge on any atom is 0.279 e. The molecule has 54 heavy (non-hydrogen) atoms. The van der Waals surface area contributed by atoms with Gasteiger partial charge in [0.15, 0.2) is 13.9 Å². The van der Waals surface area contributed by atoms with Gasteiger partial charge >= 0.3 is 0 Å². The fraction of sp³-hybridized carbons (Fsp3) is 0.300. The van der Waals surface area contributed by atoms with E-state index < -0.39 is 42.3 Å². The number of non-ortho nitro benzene ring substituents is 1. The van der Waals surface area contributed by atoms with Crippen LogP contribution >= 0.6 is 0 Å². The van der Waals surface area contributed by atoms with Gasteiger partial charge in [-0.1, -0.05) is 67.6 Å². The van der Waals surface area contributed by atoms with Crippen LogP contribution in [0.4, 0.5) is 11.4 Å². The number of nitro groups is 1. The van der Waals surface area contributed by atoms with Gasteiger partial charge in [-0.15, -0.1) is 0 Å². The zero-order valence-corrected chi connectivity index (χ0v) is 31.2. The van der Waals surface area contributed by atoms with Crippen molar-refractivity contribution in [2.45, 2.75) is 56.8 Å². The number of aliphatic hydroxyl groups is 1. The second kappa shape index (κ2) is 14.4. The molecule has 4 atom stereocenters. The van der Waals surface area contributed by atoms with Gasteiger partial charge in [0.2, 0.25) is 5.91 Å². The van der Waals surface area contributed by atoms with E-state index >= 15 is 0 Å². The number of aromatic nitrogens is 2. The van der Waals surface area contributed by atoms with Crippen LogP contribution in [0.25, 0.3) is 16.5 Å². The third kappa shape index (κ3) is 6.51. The van der Waals surface area contributed by atoms with Crippen molar-refractivity contribution in [1.29, 1.82) is 0 Å². The second-order valence-electron chi connectivity index (χ2n) is 14.6. The Morgan fingerprint density at radius 1 is 1.00 bits per heavy atom. The Morgan fingerprint density at radius 2 is 1.72 bits per heavy atom. The van der Waals surface area contributed by atoms with Crippen molar-refractivity contribution in [3.05, 3.63) is 140 Å². The first-order chi connectivity index (χ1) is 25.8. The molecule has 2 N–H and O–H groups in total. The first-order valence-electron chi connectivity index (χ1n) is 17.8. The van der Waals surface area contributed by atoms with Crippen molar-refractivity contribution >= 4 is 42.3 Å². The maximum absolute atomic E-state index is 15.0. The molecule has 13 nitrogen and oxygen atoms in total. The third-order valence-electron chi connectivity index (χ3n) is 10.7. The van der Waals surface area contributed by atoms with Crippen LogP contribution in [0.1, 0.15) is 30.0 Å². The Hall–Kier alpha value is -5.54. The lowest BCUT2D eigenvalue weighted by atomic mass is 9.82. The number of carbonyl (C=O) groups is 2. The molecule has 1 aromatic heterocycles. The highest BCUT2D eigenvalue weighted by Gasteiger charge is 2.66. The molecular formula is C40H41N5O8Si. The summed E-state index contributed by atoms with van der Waals surface area (Å²) in [7, 11) is -3.18. The summed E-state index contributed by atoms with van der Waals surface area (Å²) in [4.78, 5) is 68.6. The van der Waals surface area contributed by atoms with Gasteiger partial charge in [0.25, 0.3) is 17.2 Å². The van der Waals surface area contributed by atoms with Gasteiger partial charge in [-0.25, -0.2) is 0 Å². The number of fused-ring (bicyclic) bond motifs is 3. The number of benzene rings is 4. The smallest absolute Gasteiger partial charge is 0.279 e. The van der Waals surface area contributed by atoms with Crippen molar-refractivity contribution < 1.29 is 29.2 Å². The Balaban J connectivity index is 1.25. The summed E-state index contributed by atoms with van der Waals surface area (Å²) in [6, 6.07) is 27.9. The van der Waals surface area contributed by atoms with Crippen molar-refractivity contribution in [3.8, 4) is 5.69 Å². The SMILES string of the molecule is C[C@@H]1[C@@H]([Si](C)(C)O)[C@H](CC(=O)N(CCO)Cc2ccccc2)O[C@@]12C(=O)N(Cc1cccc(-n3ncc4ccccc4c3=O)c1)c1ccc([N+](=O)[O-])cc12. The molecule has 3 heterocycles. The molecule has 7 rings (SSSR count). The third-order valence-corrected chi connectivity index (χ3v) is 13.2. The van der Waals surface area contributed by atoms with Crippen molar-refractivity contribution in [2.75, 3.05) is 18.1 Å². The van der Waals surface area contributed by atoms with E-state index in [1.807, 2.05) is 48.5 Å². The van der Waals surface area contributed by atoms with Gasteiger partial charge in [0, 0.05) is 47.6 Å². The molecule has 0 radical (unpaired) electrons. The van der Waals surface area contributed by atoms with E-state index in [9.17, 15) is 34.4 Å². The number of anilines is 1. The topological polar surface area (TPSA) is 168 Å². The lowest BCUT2D eigenvalue weighted by Crippen LogP contribution is -2.46. The van der Waals surface area contributed by atoms with Crippen molar-refractivity contribution in [2.24, 2.45) is 5.92 Å². The van der Waals surface area contributed by atoms with Crippen LogP contribution in [0.5, 0.6) is 0 Å². The molecule has 2 amide bonds. The predicted molar refractivity (Wildman–Crippen MR) is 204 cm³/mol. The lowest BCUT2D eigenvalue weighted by molar-refractivity contribution is -0.385. The Labute approximate surface area is 312 Å². The fourth-order valence-corrected chi connectivity index (χ4v) is 10.9. The number of nitrogens with zero attached hydrogens (tertiary/aromatic N) is 5. The molecule has 4 aromatic carbocycles. The Morgan fingerprint density at radius 3 is 2.44 bits per heavy atom. The fourth-order valence-electron chi connectivity index (χ4n) is 8.30. The summed E-state index contributed by atoms with van der Waals surface area (Å²) in [5.41, 5.74) is -0.126. The largest absolute Gasteiger partial charge is 0.432 e. The number of ether oxygens (including phenoxy) is 1. The number of carbonyl (C=O) groups excluding carboxylic acids is 2. The monoisotopic (exact) mass is 747 g/mol. The Kier molecular flexibility index (Phi) is 9.79. The summed E-state index contributed by atoms with van der Waals surface area (Å²) in [6.45, 7) is 5.39. The van der Waals surface area contributed by atoms with E-state index in [0.29, 0.717) is 33.3 Å². The molecule has 0 unspecified atom stereocenters. The van der Waals surface area contributed by atoms with E-state index in [1.54, 1.807) is 56.5 Å². The van der Waals surface area contributed by atoms with E-state index in [1.165, 1.54) is 32.7 Å². The maximum atomic E-state index is 15.0. The van der Waals surface area contributed by atoms with Gasteiger partial charge < -0.3 is 24.4 Å². The zero-order chi connectivity index (χ0) is 38.4. The van der Waals surface area contributed by atoms with Gasteiger partial charge in [0.1, 0.15) is 0 Å². The number of rotatable bonds is 11. The number of hydrogen-bond donors (Lipinski definition) is 2. The van der Waals surface area contributed by atoms with Crippen LogP contribution < -0.4 is 10.5 Å². The summed E-state index contributed by atoms with van der Waals surface area (Å²) < 4.78 is 8.10. The summed E-state index contributed by atoms with van der Waals surface area (Å²) in [6.07, 6.45) is 0.544. The summed E-state index contributed by atoms with van der Waals surface area (Å²) in [5.74, 6) is -1.46. The minimum Gasteiger partial charge on any atom is -0.432 e. The number of aliphatic hydroxyl groups excluding tert-OH is 1. The highest BCUT2D eigenvalue weighted by Crippen LogP contribution is 2.60. The molecule has 0 bridgehead atoms. The minimum absolute atomic E-state index is 0.0349. The molecule has 1 saturated heterocycles. The van der Waals surface area contributed by atoms with Crippen LogP contribution in [-0.4, -0.2) is 68.9 Å². The normalized spacial score (nSPS) is 20.8. The molecule has 1 spiro atoms. The van der Waals surface area contributed by atoms with Crippen LogP contribution in [0.2, 0.25) is 18.6 Å². The van der Waals surface area contributed by atoms with Gasteiger partial charge in [-0.05, 0) is 48.5 Å². The summed E-state index contributed by atoms with van der Waals surface area (Å²) >= 11 is 0. The first kappa shape index (κ1) is 36.8. The molecule has 2 aliphatic heterocycles. The van der Waals surface area contributed by atoms with Crippen LogP contribution in [0, 0.1) is 16.0 Å². The lowest BCUT2D eigenvalue weighted by Gasteiger charge is -2.32. The van der Waals surface area contributed by atoms with Crippen molar-refractivity contribution in [1.82, 2.24) is 14.7 Å². The molecule has 278 valence electrons. The molecule has 0 aliphatic carbocycles. The molecule has 1 fully saturated rings. The number of amides is 2. The van der Waals surface area contributed by atoms with Crippen LogP contribution in [0.3, 0.4) is 0 Å². The zero-order valence-electron chi connectivity index (χ0n) is 30.2. The van der Waals surface area contributed by atoms with Gasteiger partial charge in [0.05, 0.1) is 53.6 Å². The molecular weight excluding hydrogens is 707 g/mol. The van der Waals surface area contributed by atoms with Crippen LogP contribution in [-0.2, 0) is 33.0 Å². The average Bonchev–Trinajstić information content (AvgIpc) is 3.57. The predicted octanol–water partition coefficient (Wildman–Crippen LogP) is 5.05. The summed E-state index contributed by atoms with van der Waals surface area (Å²) in [5, 5.41) is 27.5. The van der Waals surface area contributed by atoms with E-state index in [2.05, 4.69) is 5.10 Å². The average molecular weight is 748 g/mol. The number of hydrogen-bond acceptors (Lipinski definition) is 9. The van der Waals surface area contributed by atoms with E-state index in [4.69, 9.17) is 4.74 Å². The highest BCUT2D eigenvalue weighted by atomic mass is 28.4. The highest BCUT2D eigenvalue weighted by molar-refractivity contribution is 6.71. The number of nitro benzene ring substituents is 1. The van der Waals surface area contributed by atoms with Gasteiger partial charge in [-0.3, -0.25) is 24.5 Å². The molecule has 5 aromatic rings. The standard InChI is InChI=1S/C40H41N5O8Si/c1-26-37(54(2,3)52)35(22-36(47)42(18-19-46)24-27-10-5-4-6-11-27)53-40(26)33-21-31(45(50)51)16-17-34(33)43(39(40)49)25-28-12-9-14-30(20-28)44-38(48)32-15-8-7-13-29(32)23-41-44/h4-17,20-21,23,26,35,37,46,52H,18-19,22,24-25H2,1-3H3/t26-,35+,37-,40+/m1/s1. The quantitative estimate of drug-likeness (QED) is 0.107. The van der Waals surface area contributed by atoms with Crippen LogP contribution in [0.15, 0.2) is 108 Å². The van der Waals surface area contributed by atoms with E-state index in [-0.39, 0.29) is 49.8 Å². The first-order valence-corrected chi connectivity index (χ1v) is 20.9. The molecule has 14 heteroatoms. The minimum atomic E-state index is -3.18. The second-order valence-corrected chi connectivity index (χ2v) is 18.5. The van der Waals surface area contributed by atoms with Crippen molar-refractivity contribution in [3.63, 3.8) is 0 Å². The van der Waals surface area contributed by atoms with Gasteiger partial charge in [-0.2, -0.15) is 9.78 Å².